The van der Waals surface area contributed by atoms with E-state index >= 15 is 0 Å². The number of rotatable bonds is 4. The molecule has 0 amide bonds. The Balaban J connectivity index is 2.76. The van der Waals surface area contributed by atoms with Crippen LogP contribution in [0, 0.1) is 12.3 Å². The van der Waals surface area contributed by atoms with E-state index in [0.717, 1.165) is 23.1 Å². The summed E-state index contributed by atoms with van der Waals surface area (Å²) in [7, 11) is 2.01. The molecule has 0 aliphatic carbocycles. The van der Waals surface area contributed by atoms with Gasteiger partial charge in [0, 0.05) is 19.1 Å². The summed E-state index contributed by atoms with van der Waals surface area (Å²) in [6, 6.07) is 0. The Kier molecular flexibility index (Phi) is 4.65. The van der Waals surface area contributed by atoms with Gasteiger partial charge in [-0.1, -0.05) is 13.8 Å². The second-order valence-electron chi connectivity index (χ2n) is 6.91. The van der Waals surface area contributed by atoms with Crippen molar-refractivity contribution >= 4 is 15.9 Å². The van der Waals surface area contributed by atoms with Gasteiger partial charge in [0.25, 0.3) is 0 Å². The van der Waals surface area contributed by atoms with Crippen molar-refractivity contribution in [2.45, 2.75) is 53.5 Å². The van der Waals surface area contributed by atoms with Gasteiger partial charge in [0.05, 0.1) is 15.9 Å². The minimum absolute atomic E-state index is 0.164. The lowest BCUT2D eigenvalue weighted by atomic mass is 9.86. The van der Waals surface area contributed by atoms with E-state index in [-0.39, 0.29) is 11.0 Å². The molecule has 4 heteroatoms. The fourth-order valence-electron chi connectivity index (χ4n) is 1.89. The van der Waals surface area contributed by atoms with Crippen molar-refractivity contribution in [3.63, 3.8) is 0 Å². The van der Waals surface area contributed by atoms with E-state index in [9.17, 15) is 0 Å². The third-order valence-corrected chi connectivity index (χ3v) is 4.04. The van der Waals surface area contributed by atoms with E-state index in [1.165, 1.54) is 5.69 Å². The second kappa shape index (κ2) is 5.33. The molecule has 104 valence electrons. The number of nitrogens with zero attached hydrogens (tertiary/aromatic N) is 2. The summed E-state index contributed by atoms with van der Waals surface area (Å²) in [4.78, 5) is 0. The molecule has 0 saturated heterocycles. The number of aromatic nitrogens is 2. The van der Waals surface area contributed by atoms with E-state index in [1.54, 1.807) is 0 Å². The van der Waals surface area contributed by atoms with Gasteiger partial charge in [0.15, 0.2) is 0 Å². The normalized spacial score (nSPS) is 13.1. The summed E-state index contributed by atoms with van der Waals surface area (Å²) in [5.41, 5.74) is 2.70. The number of hydrogen-bond acceptors (Lipinski definition) is 2. The quantitative estimate of drug-likeness (QED) is 0.922. The van der Waals surface area contributed by atoms with Gasteiger partial charge in [0.2, 0.25) is 0 Å². The van der Waals surface area contributed by atoms with Gasteiger partial charge >= 0.3 is 0 Å². The first-order chi connectivity index (χ1) is 8.02. The predicted octanol–water partition coefficient (Wildman–Crippen LogP) is 3.45. The molecule has 3 nitrogen and oxygen atoms in total. The zero-order valence-electron chi connectivity index (χ0n) is 12.7. The van der Waals surface area contributed by atoms with Gasteiger partial charge in [-0.3, -0.25) is 4.68 Å². The van der Waals surface area contributed by atoms with Gasteiger partial charge < -0.3 is 5.32 Å². The molecule has 0 aliphatic heterocycles. The predicted molar refractivity (Wildman–Crippen MR) is 80.9 cm³/mol. The zero-order valence-corrected chi connectivity index (χ0v) is 14.3. The molecular weight excluding hydrogens is 290 g/mol. The van der Waals surface area contributed by atoms with Crippen LogP contribution in [0.3, 0.4) is 0 Å². The van der Waals surface area contributed by atoms with Gasteiger partial charge in [-0.05, 0) is 55.5 Å². The summed E-state index contributed by atoms with van der Waals surface area (Å²) in [5.74, 6) is 0. The Labute approximate surface area is 119 Å². The molecule has 1 aromatic rings. The molecule has 18 heavy (non-hydrogen) atoms. The highest BCUT2D eigenvalue weighted by atomic mass is 79.9. The minimum atomic E-state index is 0.164. The van der Waals surface area contributed by atoms with Gasteiger partial charge in [-0.2, -0.15) is 5.10 Å². The molecular formula is C14H26BrN3. The molecule has 0 atom stereocenters. The lowest BCUT2D eigenvalue weighted by Crippen LogP contribution is -2.42. The maximum absolute atomic E-state index is 4.45. The van der Waals surface area contributed by atoms with Gasteiger partial charge in [-0.15, -0.1) is 0 Å². The number of aryl methyl sites for hydroxylation is 2. The first kappa shape index (κ1) is 15.7. The highest BCUT2D eigenvalue weighted by Crippen LogP contribution is 2.28. The first-order valence-corrected chi connectivity index (χ1v) is 7.24. The average molecular weight is 316 g/mol. The maximum Gasteiger partial charge on any atom is 0.0738 e. The van der Waals surface area contributed by atoms with Crippen molar-refractivity contribution in [1.29, 1.82) is 0 Å². The molecule has 1 N–H and O–H groups in total. The second-order valence-corrected chi connectivity index (χ2v) is 7.71. The van der Waals surface area contributed by atoms with Crippen LogP contribution in [0.1, 0.15) is 46.0 Å². The Bertz CT molecular complexity index is 413. The Morgan fingerprint density at radius 2 is 1.78 bits per heavy atom. The highest BCUT2D eigenvalue weighted by Gasteiger charge is 2.24. The average Bonchev–Trinajstić information content (AvgIpc) is 2.41. The van der Waals surface area contributed by atoms with E-state index in [1.807, 2.05) is 18.7 Å². The molecule has 0 bridgehead atoms. The summed E-state index contributed by atoms with van der Waals surface area (Å²) in [5, 5.41) is 8.04. The van der Waals surface area contributed by atoms with Crippen molar-refractivity contribution in [2.24, 2.45) is 12.5 Å². The number of hydrogen-bond donors (Lipinski definition) is 1. The van der Waals surface area contributed by atoms with E-state index in [2.05, 4.69) is 61.0 Å². The van der Waals surface area contributed by atoms with Gasteiger partial charge in [-0.25, -0.2) is 0 Å². The van der Waals surface area contributed by atoms with Crippen LogP contribution in [0.25, 0.3) is 0 Å². The summed E-state index contributed by atoms with van der Waals surface area (Å²) >= 11 is 3.64. The Morgan fingerprint density at radius 3 is 2.17 bits per heavy atom. The van der Waals surface area contributed by atoms with E-state index in [0.29, 0.717) is 0 Å². The highest BCUT2D eigenvalue weighted by molar-refractivity contribution is 9.10. The maximum atomic E-state index is 4.45. The molecule has 0 radical (unpaired) electrons. The van der Waals surface area contributed by atoms with E-state index < -0.39 is 0 Å². The van der Waals surface area contributed by atoms with Crippen molar-refractivity contribution < 1.29 is 0 Å². The molecule has 1 aromatic heterocycles. The summed E-state index contributed by atoms with van der Waals surface area (Å²) < 4.78 is 3.13. The van der Waals surface area contributed by atoms with Crippen LogP contribution >= 0.6 is 15.9 Å². The SMILES string of the molecule is Cc1nn(C)c(CC(C)(C)CNC(C)(C)C)c1Br. The topological polar surface area (TPSA) is 29.9 Å². The number of nitrogens with one attached hydrogen (secondary N) is 1. The van der Waals surface area contributed by atoms with Crippen molar-refractivity contribution in [3.05, 3.63) is 15.9 Å². The summed E-state index contributed by atoms with van der Waals surface area (Å²) in [6.45, 7) is 14.2. The first-order valence-electron chi connectivity index (χ1n) is 6.45. The van der Waals surface area contributed by atoms with Crippen LogP contribution in [-0.2, 0) is 13.5 Å². The third kappa shape index (κ3) is 4.39. The molecule has 1 rings (SSSR count). The monoisotopic (exact) mass is 315 g/mol. The van der Waals surface area contributed by atoms with Crippen molar-refractivity contribution in [1.82, 2.24) is 15.1 Å². The Morgan fingerprint density at radius 1 is 1.22 bits per heavy atom. The van der Waals surface area contributed by atoms with Crippen LogP contribution in [0.5, 0.6) is 0 Å². The van der Waals surface area contributed by atoms with Crippen LogP contribution < -0.4 is 5.32 Å². The lowest BCUT2D eigenvalue weighted by molar-refractivity contribution is 0.284. The fraction of sp³-hybridized carbons (Fsp3) is 0.786. The molecule has 0 unspecified atom stereocenters. The largest absolute Gasteiger partial charge is 0.312 e. The fourth-order valence-corrected chi connectivity index (χ4v) is 2.37. The molecule has 0 aliphatic rings. The molecule has 0 spiro atoms. The Hall–Kier alpha value is -0.350. The zero-order chi connectivity index (χ0) is 14.1. The van der Waals surface area contributed by atoms with E-state index in [4.69, 9.17) is 0 Å². The van der Waals surface area contributed by atoms with Crippen LogP contribution in [0.2, 0.25) is 0 Å². The minimum Gasteiger partial charge on any atom is -0.312 e. The third-order valence-electron chi connectivity index (χ3n) is 3.00. The van der Waals surface area contributed by atoms with Gasteiger partial charge in [0.1, 0.15) is 0 Å². The van der Waals surface area contributed by atoms with Crippen LogP contribution in [0.4, 0.5) is 0 Å². The molecule has 1 heterocycles. The standard InChI is InChI=1S/C14H26BrN3/c1-10-12(15)11(18(7)17-10)8-14(5,6)9-16-13(2,3)4/h16H,8-9H2,1-7H3. The molecule has 0 aromatic carbocycles. The molecule has 0 fully saturated rings. The van der Waals surface area contributed by atoms with Crippen molar-refractivity contribution in [3.8, 4) is 0 Å². The van der Waals surface area contributed by atoms with Crippen LogP contribution in [-0.4, -0.2) is 21.9 Å². The smallest absolute Gasteiger partial charge is 0.0738 e. The number of halogens is 1. The van der Waals surface area contributed by atoms with Crippen LogP contribution in [0.15, 0.2) is 4.47 Å². The summed E-state index contributed by atoms with van der Waals surface area (Å²) in [6.07, 6.45) is 1.01. The molecule has 0 saturated carbocycles. The lowest BCUT2D eigenvalue weighted by Gasteiger charge is -2.30. The van der Waals surface area contributed by atoms with Crippen molar-refractivity contribution in [2.75, 3.05) is 6.54 Å².